The van der Waals surface area contributed by atoms with E-state index < -0.39 is 0 Å². The van der Waals surface area contributed by atoms with Gasteiger partial charge in [-0.2, -0.15) is 0 Å². The molecule has 1 aromatic heterocycles. The maximum Gasteiger partial charge on any atom is 0.225 e. The first-order valence-electron chi connectivity index (χ1n) is 7.15. The Morgan fingerprint density at radius 1 is 1.32 bits per heavy atom. The van der Waals surface area contributed by atoms with Gasteiger partial charge in [0, 0.05) is 50.7 Å². The fourth-order valence-electron chi connectivity index (χ4n) is 2.61. The summed E-state index contributed by atoms with van der Waals surface area (Å²) in [5, 5.41) is 3.11. The lowest BCUT2D eigenvalue weighted by atomic mass is 10.0. The van der Waals surface area contributed by atoms with Gasteiger partial charge >= 0.3 is 0 Å². The molecule has 1 saturated heterocycles. The molecule has 5 heteroatoms. The van der Waals surface area contributed by atoms with Crippen molar-refractivity contribution in [1.29, 1.82) is 0 Å². The van der Waals surface area contributed by atoms with Crippen molar-refractivity contribution in [2.75, 3.05) is 38.6 Å². The maximum absolute atomic E-state index is 4.47. The summed E-state index contributed by atoms with van der Waals surface area (Å²) in [6.07, 6.45) is 6.23. The van der Waals surface area contributed by atoms with Gasteiger partial charge in [0.2, 0.25) is 5.95 Å². The molecular weight excluding hydrogens is 238 g/mol. The van der Waals surface area contributed by atoms with Crippen molar-refractivity contribution in [3.05, 3.63) is 18.0 Å². The van der Waals surface area contributed by atoms with Crippen molar-refractivity contribution in [2.45, 2.75) is 32.4 Å². The van der Waals surface area contributed by atoms with Crippen molar-refractivity contribution < 1.29 is 0 Å². The van der Waals surface area contributed by atoms with Gasteiger partial charge in [0.1, 0.15) is 0 Å². The Labute approximate surface area is 116 Å². The van der Waals surface area contributed by atoms with Crippen LogP contribution < -0.4 is 10.2 Å². The van der Waals surface area contributed by atoms with Crippen molar-refractivity contribution in [3.63, 3.8) is 0 Å². The van der Waals surface area contributed by atoms with E-state index in [1.165, 1.54) is 25.9 Å². The Balaban J connectivity index is 1.94. The fraction of sp³-hybridized carbons (Fsp3) is 0.714. The number of nitrogens with one attached hydrogen (secondary N) is 1. The molecule has 2 rings (SSSR count). The fourth-order valence-corrected chi connectivity index (χ4v) is 2.61. The molecule has 0 spiro atoms. The van der Waals surface area contributed by atoms with Crippen molar-refractivity contribution in [2.24, 2.45) is 0 Å². The molecule has 0 amide bonds. The molecule has 1 aliphatic heterocycles. The van der Waals surface area contributed by atoms with E-state index in [9.17, 15) is 0 Å². The minimum absolute atomic E-state index is 0.568. The third-order valence-corrected chi connectivity index (χ3v) is 3.94. The summed E-state index contributed by atoms with van der Waals surface area (Å²) in [5.74, 6) is 0.842. The van der Waals surface area contributed by atoms with Crippen molar-refractivity contribution in [1.82, 2.24) is 20.2 Å². The number of piperidine rings is 1. The summed E-state index contributed by atoms with van der Waals surface area (Å²) in [7, 11) is 4.04. The molecule has 0 saturated carbocycles. The maximum atomic E-state index is 4.47. The second kappa shape index (κ2) is 6.82. The summed E-state index contributed by atoms with van der Waals surface area (Å²) in [5.41, 5.74) is 1.13. The first-order chi connectivity index (χ1) is 9.24. The molecule has 0 aromatic carbocycles. The van der Waals surface area contributed by atoms with Crippen LogP contribution >= 0.6 is 0 Å². The number of likely N-dealkylation sites (tertiary alicyclic amines) is 1. The third-order valence-electron chi connectivity index (χ3n) is 3.94. The lowest BCUT2D eigenvalue weighted by molar-refractivity contribution is 0.220. The Kier molecular flexibility index (Phi) is 5.10. The van der Waals surface area contributed by atoms with Crippen LogP contribution in [0.3, 0.4) is 0 Å². The van der Waals surface area contributed by atoms with Crippen LogP contribution in [-0.4, -0.2) is 54.6 Å². The van der Waals surface area contributed by atoms with E-state index in [0.29, 0.717) is 6.04 Å². The van der Waals surface area contributed by atoms with Gasteiger partial charge in [-0.1, -0.05) is 6.92 Å². The normalized spacial score (nSPS) is 17.6. The van der Waals surface area contributed by atoms with Gasteiger partial charge in [0.25, 0.3) is 0 Å². The van der Waals surface area contributed by atoms with Crippen LogP contribution in [0.4, 0.5) is 5.95 Å². The second-order valence-corrected chi connectivity index (χ2v) is 5.20. The van der Waals surface area contributed by atoms with Gasteiger partial charge in [-0.15, -0.1) is 0 Å². The van der Waals surface area contributed by atoms with E-state index >= 15 is 0 Å². The highest BCUT2D eigenvalue weighted by Gasteiger charge is 2.22. The summed E-state index contributed by atoms with van der Waals surface area (Å²) in [4.78, 5) is 13.7. The molecular formula is C14H25N5. The average molecular weight is 263 g/mol. The number of anilines is 1. The highest BCUT2D eigenvalue weighted by atomic mass is 15.3. The largest absolute Gasteiger partial charge is 0.341 e. The smallest absolute Gasteiger partial charge is 0.225 e. The highest BCUT2D eigenvalue weighted by Crippen LogP contribution is 2.18. The van der Waals surface area contributed by atoms with Crippen LogP contribution in [0.1, 0.15) is 25.3 Å². The quantitative estimate of drug-likeness (QED) is 0.862. The monoisotopic (exact) mass is 263 g/mol. The van der Waals surface area contributed by atoms with Gasteiger partial charge in [0.15, 0.2) is 0 Å². The zero-order chi connectivity index (χ0) is 13.7. The molecule has 1 aromatic rings. The minimum Gasteiger partial charge on any atom is -0.341 e. The van der Waals surface area contributed by atoms with E-state index in [0.717, 1.165) is 24.6 Å². The predicted molar refractivity (Wildman–Crippen MR) is 78.3 cm³/mol. The third kappa shape index (κ3) is 3.64. The average Bonchev–Trinajstić information content (AvgIpc) is 2.48. The van der Waals surface area contributed by atoms with E-state index in [1.54, 1.807) is 0 Å². The van der Waals surface area contributed by atoms with Crippen LogP contribution in [0.5, 0.6) is 0 Å². The molecule has 5 nitrogen and oxygen atoms in total. The van der Waals surface area contributed by atoms with E-state index in [4.69, 9.17) is 0 Å². The van der Waals surface area contributed by atoms with Crippen LogP contribution in [0, 0.1) is 0 Å². The molecule has 0 atom stereocenters. The summed E-state index contributed by atoms with van der Waals surface area (Å²) in [6, 6.07) is 0.568. The lowest BCUT2D eigenvalue weighted by Gasteiger charge is -2.36. The highest BCUT2D eigenvalue weighted by molar-refractivity contribution is 5.30. The molecule has 19 heavy (non-hydrogen) atoms. The molecule has 0 aliphatic carbocycles. The topological polar surface area (TPSA) is 44.3 Å². The van der Waals surface area contributed by atoms with E-state index in [1.807, 2.05) is 19.4 Å². The second-order valence-electron chi connectivity index (χ2n) is 5.20. The van der Waals surface area contributed by atoms with Crippen LogP contribution in [0.2, 0.25) is 0 Å². The van der Waals surface area contributed by atoms with Gasteiger partial charge < -0.3 is 15.1 Å². The predicted octanol–water partition coefficient (Wildman–Crippen LogP) is 1.12. The number of hydrogen-bond donors (Lipinski definition) is 1. The number of hydrogen-bond acceptors (Lipinski definition) is 5. The van der Waals surface area contributed by atoms with Crippen molar-refractivity contribution >= 4 is 5.95 Å². The van der Waals surface area contributed by atoms with Gasteiger partial charge in [-0.05, 0) is 26.4 Å². The van der Waals surface area contributed by atoms with E-state index in [-0.39, 0.29) is 0 Å². The number of rotatable bonds is 5. The summed E-state index contributed by atoms with van der Waals surface area (Å²) >= 11 is 0. The van der Waals surface area contributed by atoms with Crippen LogP contribution in [0.25, 0.3) is 0 Å². The zero-order valence-corrected chi connectivity index (χ0v) is 12.3. The minimum atomic E-state index is 0.568. The van der Waals surface area contributed by atoms with E-state index in [2.05, 4.69) is 39.1 Å². The lowest BCUT2D eigenvalue weighted by Crippen LogP contribution is -2.43. The Morgan fingerprint density at radius 2 is 1.95 bits per heavy atom. The van der Waals surface area contributed by atoms with Crippen molar-refractivity contribution in [3.8, 4) is 0 Å². The van der Waals surface area contributed by atoms with Gasteiger partial charge in [0.05, 0.1) is 0 Å². The Hall–Kier alpha value is -1.20. The van der Waals surface area contributed by atoms with Gasteiger partial charge in [-0.25, -0.2) is 9.97 Å². The summed E-state index contributed by atoms with van der Waals surface area (Å²) < 4.78 is 0. The molecule has 106 valence electrons. The molecule has 1 fully saturated rings. The molecule has 0 radical (unpaired) electrons. The van der Waals surface area contributed by atoms with Crippen LogP contribution in [-0.2, 0) is 6.54 Å². The molecule has 1 N–H and O–H groups in total. The standard InChI is InChI=1S/C14H25N5/c1-4-19-7-5-13(6-8-19)18(3)14-16-10-12(9-15-2)11-17-14/h10-11,13,15H,4-9H2,1-3H3. The first-order valence-corrected chi connectivity index (χ1v) is 7.15. The summed E-state index contributed by atoms with van der Waals surface area (Å²) in [6.45, 7) is 6.57. The molecule has 1 aliphatic rings. The molecule has 0 unspecified atom stereocenters. The Bertz CT molecular complexity index is 370. The number of aromatic nitrogens is 2. The zero-order valence-electron chi connectivity index (χ0n) is 12.3. The number of nitrogens with zero attached hydrogens (tertiary/aromatic N) is 4. The Morgan fingerprint density at radius 3 is 2.47 bits per heavy atom. The SMILES string of the molecule is CCN1CCC(N(C)c2ncc(CNC)cn2)CC1. The molecule has 2 heterocycles. The van der Waals surface area contributed by atoms with Crippen LogP contribution in [0.15, 0.2) is 12.4 Å². The van der Waals surface area contributed by atoms with Gasteiger partial charge in [-0.3, -0.25) is 0 Å². The first kappa shape index (κ1) is 14.2. The molecule has 0 bridgehead atoms.